The van der Waals surface area contributed by atoms with E-state index in [0.29, 0.717) is 12.2 Å². The first-order valence-electron chi connectivity index (χ1n) is 10.3. The van der Waals surface area contributed by atoms with E-state index in [0.717, 1.165) is 30.8 Å². The second-order valence-corrected chi connectivity index (χ2v) is 7.58. The summed E-state index contributed by atoms with van der Waals surface area (Å²) >= 11 is 0. The van der Waals surface area contributed by atoms with E-state index in [-0.39, 0.29) is 12.5 Å². The predicted molar refractivity (Wildman–Crippen MR) is 114 cm³/mol. The molecule has 0 amide bonds. The summed E-state index contributed by atoms with van der Waals surface area (Å²) < 4.78 is 44.6. The summed E-state index contributed by atoms with van der Waals surface area (Å²) in [6.45, 7) is 4.62. The fourth-order valence-corrected chi connectivity index (χ4v) is 3.32. The number of hydrogen-bond donors (Lipinski definition) is 2. The highest BCUT2D eigenvalue weighted by Gasteiger charge is 2.39. The average molecular weight is 449 g/mol. The molecule has 0 bridgehead atoms. The Balaban J connectivity index is 1.53. The smallest absolute Gasteiger partial charge is 0.419 e. The predicted octanol–water partition coefficient (Wildman–Crippen LogP) is 3.45. The minimum Gasteiger partial charge on any atom is -0.462 e. The molecule has 3 rings (SSSR count). The van der Waals surface area contributed by atoms with Crippen molar-refractivity contribution in [1.82, 2.24) is 20.4 Å². The van der Waals surface area contributed by atoms with Crippen LogP contribution in [0.1, 0.15) is 31.4 Å². The second-order valence-electron chi connectivity index (χ2n) is 7.58. The number of nitrogens with one attached hydrogen (secondary N) is 2. The van der Waals surface area contributed by atoms with E-state index in [1.165, 1.54) is 4.68 Å². The van der Waals surface area contributed by atoms with Crippen LogP contribution in [0.25, 0.3) is 5.69 Å². The standard InChI is InChI=1S/C22H26F3N5O2/c1-3-32-20(31)22(26-10-4-11-27-22)28-12-9-16(2)13-17-5-7-19(8-6-17)30-15-18(14-29-30)21(23,24)25/h4-8,10-11,14-16,26,28H,3,9,12-13H2,1-2H3. The van der Waals surface area contributed by atoms with Crippen LogP contribution in [-0.4, -0.2) is 40.9 Å². The van der Waals surface area contributed by atoms with Gasteiger partial charge in [-0.3, -0.25) is 5.32 Å². The van der Waals surface area contributed by atoms with E-state index in [1.54, 1.807) is 37.5 Å². The molecule has 1 aliphatic heterocycles. The number of allylic oxidation sites excluding steroid dienone is 1. The van der Waals surface area contributed by atoms with Crippen molar-refractivity contribution in [2.45, 2.75) is 38.7 Å². The molecule has 172 valence electrons. The van der Waals surface area contributed by atoms with E-state index in [2.05, 4.69) is 27.6 Å². The van der Waals surface area contributed by atoms with Gasteiger partial charge in [0, 0.05) is 18.6 Å². The van der Waals surface area contributed by atoms with Crippen molar-refractivity contribution in [1.29, 1.82) is 0 Å². The van der Waals surface area contributed by atoms with Gasteiger partial charge >= 0.3 is 12.1 Å². The summed E-state index contributed by atoms with van der Waals surface area (Å²) in [6, 6.07) is 7.25. The van der Waals surface area contributed by atoms with E-state index in [4.69, 9.17) is 4.74 Å². The molecule has 0 spiro atoms. The highest BCUT2D eigenvalue weighted by atomic mass is 19.4. The van der Waals surface area contributed by atoms with Gasteiger partial charge in [0.15, 0.2) is 0 Å². The molecule has 2 aromatic rings. The van der Waals surface area contributed by atoms with Gasteiger partial charge in [0.1, 0.15) is 0 Å². The molecule has 0 fully saturated rings. The number of ether oxygens (including phenoxy) is 1. The Morgan fingerprint density at radius 2 is 2.06 bits per heavy atom. The van der Waals surface area contributed by atoms with Gasteiger partial charge in [-0.05, 0) is 56.0 Å². The zero-order valence-electron chi connectivity index (χ0n) is 17.9. The maximum atomic E-state index is 12.8. The Hall–Kier alpha value is -3.14. The van der Waals surface area contributed by atoms with Crippen LogP contribution in [0.3, 0.4) is 0 Å². The lowest BCUT2D eigenvalue weighted by Crippen LogP contribution is -2.61. The lowest BCUT2D eigenvalue weighted by atomic mass is 9.98. The highest BCUT2D eigenvalue weighted by Crippen LogP contribution is 2.29. The van der Waals surface area contributed by atoms with Crippen LogP contribution in [0, 0.1) is 5.92 Å². The summed E-state index contributed by atoms with van der Waals surface area (Å²) in [4.78, 5) is 16.6. The summed E-state index contributed by atoms with van der Waals surface area (Å²) in [5.74, 6) is -1.51. The lowest BCUT2D eigenvalue weighted by Gasteiger charge is -2.30. The number of alkyl halides is 3. The Bertz CT molecular complexity index is 969. The molecule has 1 aromatic carbocycles. The third-order valence-electron chi connectivity index (χ3n) is 5.03. The number of hydrogen-bond acceptors (Lipinski definition) is 6. The summed E-state index contributed by atoms with van der Waals surface area (Å²) in [5, 5.41) is 9.86. The summed E-state index contributed by atoms with van der Waals surface area (Å²) in [7, 11) is 0. The molecule has 2 heterocycles. The molecule has 2 atom stereocenters. The van der Waals surface area contributed by atoms with Crippen LogP contribution < -0.4 is 10.6 Å². The largest absolute Gasteiger partial charge is 0.462 e. The first-order valence-corrected chi connectivity index (χ1v) is 10.3. The van der Waals surface area contributed by atoms with E-state index < -0.39 is 23.5 Å². The number of nitrogens with zero attached hydrogens (tertiary/aromatic N) is 3. The average Bonchev–Trinajstić information content (AvgIpc) is 3.26. The number of aromatic nitrogens is 2. The Kier molecular flexibility index (Phi) is 7.34. The van der Waals surface area contributed by atoms with Crippen molar-refractivity contribution in [3.05, 3.63) is 60.1 Å². The molecule has 2 unspecified atom stereocenters. The third-order valence-corrected chi connectivity index (χ3v) is 5.03. The molecule has 0 radical (unpaired) electrons. The van der Waals surface area contributed by atoms with Gasteiger partial charge in [0.25, 0.3) is 5.79 Å². The molecule has 32 heavy (non-hydrogen) atoms. The fourth-order valence-electron chi connectivity index (χ4n) is 3.32. The number of aliphatic imine (C=N–C) groups is 1. The van der Waals surface area contributed by atoms with Crippen LogP contribution in [-0.2, 0) is 22.1 Å². The fraction of sp³-hybridized carbons (Fsp3) is 0.409. The number of halogens is 3. The number of carbonyl (C=O) groups is 1. The zero-order valence-corrected chi connectivity index (χ0v) is 17.9. The molecule has 1 aromatic heterocycles. The van der Waals surface area contributed by atoms with Gasteiger partial charge in [-0.2, -0.15) is 18.3 Å². The first-order chi connectivity index (χ1) is 15.2. The summed E-state index contributed by atoms with van der Waals surface area (Å²) in [5.41, 5.74) is 0.834. The molecular formula is C22H26F3N5O2. The Morgan fingerprint density at radius 3 is 2.66 bits per heavy atom. The third kappa shape index (κ3) is 5.76. The molecule has 1 aliphatic rings. The van der Waals surface area contributed by atoms with Crippen LogP contribution in [0.2, 0.25) is 0 Å². The van der Waals surface area contributed by atoms with Crippen molar-refractivity contribution < 1.29 is 22.7 Å². The Labute approximate surface area is 184 Å². The minimum atomic E-state index is -4.41. The van der Waals surface area contributed by atoms with E-state index >= 15 is 0 Å². The van der Waals surface area contributed by atoms with Crippen LogP contribution in [0.4, 0.5) is 13.2 Å². The van der Waals surface area contributed by atoms with Gasteiger partial charge in [-0.25, -0.2) is 14.5 Å². The molecule has 2 N–H and O–H groups in total. The minimum absolute atomic E-state index is 0.256. The number of rotatable bonds is 9. The molecule has 10 heteroatoms. The Morgan fingerprint density at radius 1 is 1.31 bits per heavy atom. The quantitative estimate of drug-likeness (QED) is 0.574. The van der Waals surface area contributed by atoms with Crippen molar-refractivity contribution in [2.75, 3.05) is 13.2 Å². The number of carbonyl (C=O) groups excluding carboxylic acids is 1. The maximum Gasteiger partial charge on any atom is 0.419 e. The van der Waals surface area contributed by atoms with E-state index in [9.17, 15) is 18.0 Å². The lowest BCUT2D eigenvalue weighted by molar-refractivity contribution is -0.152. The van der Waals surface area contributed by atoms with Crippen molar-refractivity contribution in [3.63, 3.8) is 0 Å². The van der Waals surface area contributed by atoms with Crippen molar-refractivity contribution in [3.8, 4) is 5.69 Å². The van der Waals surface area contributed by atoms with Crippen LogP contribution in [0.5, 0.6) is 0 Å². The molecule has 0 saturated carbocycles. The maximum absolute atomic E-state index is 12.8. The van der Waals surface area contributed by atoms with Crippen molar-refractivity contribution in [2.24, 2.45) is 10.9 Å². The highest BCUT2D eigenvalue weighted by molar-refractivity contribution is 5.85. The monoisotopic (exact) mass is 449 g/mol. The van der Waals surface area contributed by atoms with E-state index in [1.807, 2.05) is 12.1 Å². The molecule has 0 aliphatic carbocycles. The van der Waals surface area contributed by atoms with Gasteiger partial charge in [0.05, 0.1) is 24.1 Å². The molecular weight excluding hydrogens is 423 g/mol. The number of benzene rings is 1. The van der Waals surface area contributed by atoms with Gasteiger partial charge in [0.2, 0.25) is 0 Å². The van der Waals surface area contributed by atoms with Gasteiger partial charge < -0.3 is 10.1 Å². The first kappa shape index (κ1) is 23.5. The topological polar surface area (TPSA) is 80.5 Å². The van der Waals surface area contributed by atoms with Crippen molar-refractivity contribution >= 4 is 12.2 Å². The zero-order chi connectivity index (χ0) is 23.2. The van der Waals surface area contributed by atoms with Gasteiger partial charge in [-0.1, -0.05) is 19.1 Å². The molecule has 0 saturated heterocycles. The second kappa shape index (κ2) is 9.99. The van der Waals surface area contributed by atoms with Crippen LogP contribution >= 0.6 is 0 Å². The SMILES string of the molecule is CCOC(=O)C1(NCCC(C)Cc2ccc(-n3cc(C(F)(F)F)cn3)cc2)N=CC=CN1. The normalized spacial score (nSPS) is 18.9. The van der Waals surface area contributed by atoms with Gasteiger partial charge in [-0.15, -0.1) is 0 Å². The number of esters is 1. The summed E-state index contributed by atoms with van der Waals surface area (Å²) in [6.07, 6.45) is 3.80. The van der Waals surface area contributed by atoms with Crippen LogP contribution in [0.15, 0.2) is 53.9 Å². The molecule has 7 nitrogen and oxygen atoms in total.